The Balaban J connectivity index is 3.34. The number of benzene rings is 1. The van der Waals surface area contributed by atoms with Gasteiger partial charge >= 0.3 is 0 Å². The Morgan fingerprint density at radius 3 is 2.30 bits per heavy atom. The summed E-state index contributed by atoms with van der Waals surface area (Å²) in [5.41, 5.74) is 1.63. The molecule has 0 aliphatic rings. The second-order valence-corrected chi connectivity index (χ2v) is 2.70. The zero-order valence-corrected chi connectivity index (χ0v) is 6.70. The van der Waals surface area contributed by atoms with Crippen molar-refractivity contribution in [1.29, 1.82) is 0 Å². The summed E-state index contributed by atoms with van der Waals surface area (Å²) in [6.45, 7) is 3.63. The average molecular weight is 156 g/mol. The average Bonchev–Trinajstić information content (AvgIpc) is 1.93. The molecule has 0 unspecified atom stereocenters. The Morgan fingerprint density at radius 1 is 1.20 bits per heavy atom. The molecule has 0 aromatic heterocycles. The highest BCUT2D eigenvalue weighted by molar-refractivity contribution is 6.31. The molecule has 2 heteroatoms. The van der Waals surface area contributed by atoms with Gasteiger partial charge in [0.05, 0.1) is 0 Å². The lowest BCUT2D eigenvalue weighted by atomic mass is 10.1. The molecule has 0 atom stereocenters. The quantitative estimate of drug-likeness (QED) is 0.549. The standard InChI is InChI=1S/C8H8ClO/c1-5-6(2)8(10)4-3-7(5)9/h3-4H,1-2H3. The third-order valence-corrected chi connectivity index (χ3v) is 2.08. The van der Waals surface area contributed by atoms with E-state index in [-0.39, 0.29) is 5.75 Å². The van der Waals surface area contributed by atoms with Crippen molar-refractivity contribution in [2.45, 2.75) is 13.8 Å². The zero-order valence-electron chi connectivity index (χ0n) is 5.94. The van der Waals surface area contributed by atoms with E-state index in [0.717, 1.165) is 11.1 Å². The highest BCUT2D eigenvalue weighted by Crippen LogP contribution is 2.26. The summed E-state index contributed by atoms with van der Waals surface area (Å²) in [5.74, 6) is 0.0573. The Labute approximate surface area is 65.3 Å². The molecule has 0 saturated carbocycles. The van der Waals surface area contributed by atoms with Gasteiger partial charge in [-0.25, -0.2) is 0 Å². The minimum Gasteiger partial charge on any atom is -0.290 e. The van der Waals surface area contributed by atoms with Gasteiger partial charge in [-0.05, 0) is 31.5 Å². The van der Waals surface area contributed by atoms with Gasteiger partial charge in [-0.1, -0.05) is 11.6 Å². The van der Waals surface area contributed by atoms with Gasteiger partial charge < -0.3 is 0 Å². The lowest BCUT2D eigenvalue weighted by molar-refractivity contribution is 0.351. The van der Waals surface area contributed by atoms with Crippen molar-refractivity contribution in [3.8, 4) is 5.75 Å². The SMILES string of the molecule is Cc1c([O])ccc(Cl)c1C. The summed E-state index contributed by atoms with van der Waals surface area (Å²) in [7, 11) is 0. The summed E-state index contributed by atoms with van der Waals surface area (Å²) >= 11 is 5.75. The van der Waals surface area contributed by atoms with Crippen LogP contribution in [0, 0.1) is 13.8 Å². The van der Waals surface area contributed by atoms with Gasteiger partial charge in [0.2, 0.25) is 0 Å². The molecule has 10 heavy (non-hydrogen) atoms. The maximum Gasteiger partial charge on any atom is 0.181 e. The van der Waals surface area contributed by atoms with Crippen LogP contribution in [-0.2, 0) is 5.11 Å². The van der Waals surface area contributed by atoms with Crippen molar-refractivity contribution in [3.05, 3.63) is 28.3 Å². The molecule has 0 fully saturated rings. The second-order valence-electron chi connectivity index (χ2n) is 2.30. The van der Waals surface area contributed by atoms with Crippen molar-refractivity contribution < 1.29 is 5.11 Å². The first-order valence-electron chi connectivity index (χ1n) is 3.05. The van der Waals surface area contributed by atoms with Crippen LogP contribution in [0.4, 0.5) is 0 Å². The summed E-state index contributed by atoms with van der Waals surface area (Å²) in [6, 6.07) is 3.12. The molecule has 0 bridgehead atoms. The van der Waals surface area contributed by atoms with E-state index >= 15 is 0 Å². The van der Waals surface area contributed by atoms with Crippen molar-refractivity contribution in [2.24, 2.45) is 0 Å². The summed E-state index contributed by atoms with van der Waals surface area (Å²) in [6.07, 6.45) is 0. The van der Waals surface area contributed by atoms with E-state index in [2.05, 4.69) is 0 Å². The molecule has 53 valence electrons. The highest BCUT2D eigenvalue weighted by Gasteiger charge is 2.03. The minimum atomic E-state index is 0.0573. The van der Waals surface area contributed by atoms with Crippen LogP contribution in [0.15, 0.2) is 12.1 Å². The monoisotopic (exact) mass is 155 g/mol. The third kappa shape index (κ3) is 1.09. The molecule has 0 spiro atoms. The molecular formula is C8H8ClO. The van der Waals surface area contributed by atoms with E-state index in [1.165, 1.54) is 6.07 Å². The van der Waals surface area contributed by atoms with E-state index in [9.17, 15) is 5.11 Å². The van der Waals surface area contributed by atoms with Crippen LogP contribution in [0.25, 0.3) is 0 Å². The molecule has 1 nitrogen and oxygen atoms in total. The molecule has 0 aliphatic heterocycles. The van der Waals surface area contributed by atoms with Crippen molar-refractivity contribution in [1.82, 2.24) is 0 Å². The van der Waals surface area contributed by atoms with Gasteiger partial charge in [-0.15, -0.1) is 0 Å². The second kappa shape index (κ2) is 2.51. The largest absolute Gasteiger partial charge is 0.290 e. The Kier molecular flexibility index (Phi) is 1.86. The Hall–Kier alpha value is -0.690. The first kappa shape index (κ1) is 7.42. The maximum absolute atomic E-state index is 10.9. The number of halogens is 1. The molecule has 0 aliphatic carbocycles. The third-order valence-electron chi connectivity index (χ3n) is 1.67. The molecule has 1 rings (SSSR count). The summed E-state index contributed by atoms with van der Waals surface area (Å²) in [4.78, 5) is 0. The minimum absolute atomic E-state index is 0.0573. The van der Waals surface area contributed by atoms with Crippen molar-refractivity contribution in [3.63, 3.8) is 0 Å². The smallest absolute Gasteiger partial charge is 0.181 e. The maximum atomic E-state index is 10.9. The molecule has 1 aromatic rings. The Bertz CT molecular complexity index is 229. The Morgan fingerprint density at radius 2 is 1.80 bits per heavy atom. The van der Waals surface area contributed by atoms with E-state index in [1.54, 1.807) is 13.0 Å². The zero-order chi connectivity index (χ0) is 7.72. The van der Waals surface area contributed by atoms with Crippen molar-refractivity contribution >= 4 is 11.6 Å². The lowest BCUT2D eigenvalue weighted by Crippen LogP contribution is -1.80. The van der Waals surface area contributed by atoms with Crippen LogP contribution in [0.5, 0.6) is 5.75 Å². The van der Waals surface area contributed by atoms with Gasteiger partial charge in [0.1, 0.15) is 0 Å². The molecule has 1 aromatic carbocycles. The highest BCUT2D eigenvalue weighted by atomic mass is 35.5. The van der Waals surface area contributed by atoms with E-state index in [1.807, 2.05) is 6.92 Å². The van der Waals surface area contributed by atoms with Crippen LogP contribution in [0.3, 0.4) is 0 Å². The fourth-order valence-corrected chi connectivity index (χ4v) is 0.968. The van der Waals surface area contributed by atoms with E-state index < -0.39 is 0 Å². The first-order valence-corrected chi connectivity index (χ1v) is 3.43. The molecule has 0 heterocycles. The van der Waals surface area contributed by atoms with E-state index in [4.69, 9.17) is 11.6 Å². The van der Waals surface area contributed by atoms with Gasteiger partial charge in [-0.3, -0.25) is 5.11 Å². The molecule has 0 saturated heterocycles. The fourth-order valence-electron chi connectivity index (χ4n) is 0.763. The van der Waals surface area contributed by atoms with E-state index in [0.29, 0.717) is 5.02 Å². The van der Waals surface area contributed by atoms with Crippen LogP contribution < -0.4 is 0 Å². The normalized spacial score (nSPS) is 9.90. The number of hydrogen-bond donors (Lipinski definition) is 0. The van der Waals surface area contributed by atoms with Gasteiger partial charge in [0.15, 0.2) is 5.75 Å². The lowest BCUT2D eigenvalue weighted by Gasteiger charge is -2.01. The van der Waals surface area contributed by atoms with Gasteiger partial charge in [0.25, 0.3) is 0 Å². The summed E-state index contributed by atoms with van der Waals surface area (Å²) < 4.78 is 0. The van der Waals surface area contributed by atoms with Crippen LogP contribution in [0.1, 0.15) is 11.1 Å². The van der Waals surface area contributed by atoms with Gasteiger partial charge in [0, 0.05) is 10.6 Å². The summed E-state index contributed by atoms with van der Waals surface area (Å²) in [5, 5.41) is 11.6. The van der Waals surface area contributed by atoms with Crippen LogP contribution in [0.2, 0.25) is 5.02 Å². The molecule has 1 radical (unpaired) electrons. The predicted octanol–water partition coefficient (Wildman–Crippen LogP) is 3.10. The van der Waals surface area contributed by atoms with Crippen LogP contribution >= 0.6 is 11.6 Å². The predicted molar refractivity (Wildman–Crippen MR) is 41.1 cm³/mol. The molecule has 0 N–H and O–H groups in total. The molecular weight excluding hydrogens is 148 g/mol. The van der Waals surface area contributed by atoms with Gasteiger partial charge in [-0.2, -0.15) is 0 Å². The van der Waals surface area contributed by atoms with Crippen LogP contribution in [-0.4, -0.2) is 0 Å². The van der Waals surface area contributed by atoms with Crippen molar-refractivity contribution in [2.75, 3.05) is 0 Å². The topological polar surface area (TPSA) is 19.9 Å². The number of rotatable bonds is 0. The fraction of sp³-hybridized carbons (Fsp3) is 0.250. The molecule has 0 amide bonds. The number of hydrogen-bond acceptors (Lipinski definition) is 0. The first-order chi connectivity index (χ1) is 4.63.